The molecule has 0 fully saturated rings. The molecule has 0 aliphatic carbocycles. The lowest BCUT2D eigenvalue weighted by Gasteiger charge is -2.29. The zero-order chi connectivity index (χ0) is 11.5. The molecule has 1 aromatic carbocycles. The van der Waals surface area contributed by atoms with Gasteiger partial charge in [-0.1, -0.05) is 32.9 Å². The third-order valence-corrected chi connectivity index (χ3v) is 3.18. The highest BCUT2D eigenvalue weighted by Crippen LogP contribution is 2.30. The number of hydrogen-bond donors (Lipinski definition) is 0. The molecule has 0 nitrogen and oxygen atoms in total. The number of benzene rings is 1. The highest BCUT2D eigenvalue weighted by molar-refractivity contribution is 6.18. The highest BCUT2D eigenvalue weighted by Gasteiger charge is 2.23. The van der Waals surface area contributed by atoms with E-state index in [0.29, 0.717) is 11.8 Å². The zero-order valence-corrected chi connectivity index (χ0v) is 10.3. The minimum atomic E-state index is -0.183. The molecule has 84 valence electrons. The molecular weight excluding hydrogens is 211 g/mol. The van der Waals surface area contributed by atoms with Crippen molar-refractivity contribution in [1.82, 2.24) is 0 Å². The second-order valence-electron chi connectivity index (χ2n) is 5.05. The second-order valence-corrected chi connectivity index (χ2v) is 5.36. The van der Waals surface area contributed by atoms with Crippen molar-refractivity contribution in [2.75, 3.05) is 5.88 Å². The van der Waals surface area contributed by atoms with Gasteiger partial charge in [-0.25, -0.2) is 4.39 Å². The minimum Gasteiger partial charge on any atom is -0.207 e. The summed E-state index contributed by atoms with van der Waals surface area (Å²) in [7, 11) is 0. The molecular formula is C13H18ClF. The number of rotatable bonds is 3. The van der Waals surface area contributed by atoms with E-state index in [9.17, 15) is 4.39 Å². The minimum absolute atomic E-state index is 0.183. The molecule has 1 atom stereocenters. The molecule has 0 heterocycles. The summed E-state index contributed by atoms with van der Waals surface area (Å²) in [6.45, 7) is 6.55. The molecule has 0 aliphatic heterocycles. The molecule has 0 bridgehead atoms. The summed E-state index contributed by atoms with van der Waals surface area (Å²) in [5.74, 6) is 0.877. The van der Waals surface area contributed by atoms with Crippen LogP contribution in [0.3, 0.4) is 0 Å². The van der Waals surface area contributed by atoms with Crippen LogP contribution in [0.15, 0.2) is 24.3 Å². The quantitative estimate of drug-likeness (QED) is 0.678. The molecule has 0 aromatic heterocycles. The molecule has 0 saturated carbocycles. The first-order valence-electron chi connectivity index (χ1n) is 5.24. The van der Waals surface area contributed by atoms with Crippen LogP contribution >= 0.6 is 11.6 Å². The summed E-state index contributed by atoms with van der Waals surface area (Å²) in [5.41, 5.74) is 1.34. The Bertz CT molecular complexity index is 297. The summed E-state index contributed by atoms with van der Waals surface area (Å²) >= 11 is 5.96. The van der Waals surface area contributed by atoms with Gasteiger partial charge in [0.05, 0.1) is 0 Å². The van der Waals surface area contributed by atoms with Crippen molar-refractivity contribution in [3.63, 3.8) is 0 Å². The molecule has 0 saturated heterocycles. The lowest BCUT2D eigenvalue weighted by atomic mass is 9.78. The van der Waals surface area contributed by atoms with Gasteiger partial charge in [-0.05, 0) is 35.4 Å². The van der Waals surface area contributed by atoms with Gasteiger partial charge in [-0.2, -0.15) is 0 Å². The van der Waals surface area contributed by atoms with E-state index in [4.69, 9.17) is 11.6 Å². The fourth-order valence-electron chi connectivity index (χ4n) is 1.50. The van der Waals surface area contributed by atoms with Gasteiger partial charge in [0, 0.05) is 5.88 Å². The van der Waals surface area contributed by atoms with Crippen molar-refractivity contribution in [1.29, 1.82) is 0 Å². The molecule has 1 rings (SSSR count). The lowest BCUT2D eigenvalue weighted by molar-refractivity contribution is 0.264. The molecule has 15 heavy (non-hydrogen) atoms. The summed E-state index contributed by atoms with van der Waals surface area (Å²) in [6.07, 6.45) is 0.910. The van der Waals surface area contributed by atoms with E-state index in [-0.39, 0.29) is 11.2 Å². The Morgan fingerprint density at radius 3 is 2.13 bits per heavy atom. The average molecular weight is 229 g/mol. The van der Waals surface area contributed by atoms with Gasteiger partial charge in [0.25, 0.3) is 0 Å². The summed E-state index contributed by atoms with van der Waals surface area (Å²) in [6, 6.07) is 6.67. The molecule has 0 radical (unpaired) electrons. The Kier molecular flexibility index (Phi) is 4.15. The Hall–Kier alpha value is -0.560. The van der Waals surface area contributed by atoms with Crippen molar-refractivity contribution in [2.45, 2.75) is 27.2 Å². The van der Waals surface area contributed by atoms with E-state index in [0.717, 1.165) is 12.0 Å². The van der Waals surface area contributed by atoms with Gasteiger partial charge in [0.15, 0.2) is 0 Å². The van der Waals surface area contributed by atoms with Crippen molar-refractivity contribution >= 4 is 11.6 Å². The van der Waals surface area contributed by atoms with Crippen LogP contribution in [0.1, 0.15) is 26.3 Å². The van der Waals surface area contributed by atoms with Gasteiger partial charge < -0.3 is 0 Å². The van der Waals surface area contributed by atoms with E-state index < -0.39 is 0 Å². The Balaban J connectivity index is 2.71. The smallest absolute Gasteiger partial charge is 0.123 e. The largest absolute Gasteiger partial charge is 0.207 e. The van der Waals surface area contributed by atoms with E-state index >= 15 is 0 Å². The SMILES string of the molecule is CC(C)(C)C(CCl)Cc1ccc(F)cc1. The van der Waals surface area contributed by atoms with Crippen molar-refractivity contribution in [3.8, 4) is 0 Å². The fourth-order valence-corrected chi connectivity index (χ4v) is 2.07. The van der Waals surface area contributed by atoms with Gasteiger partial charge >= 0.3 is 0 Å². The van der Waals surface area contributed by atoms with Gasteiger partial charge in [0.1, 0.15) is 5.82 Å². The predicted molar refractivity (Wildman–Crippen MR) is 63.8 cm³/mol. The molecule has 0 aliphatic rings. The van der Waals surface area contributed by atoms with Gasteiger partial charge in [-0.3, -0.25) is 0 Å². The number of halogens is 2. The third kappa shape index (κ3) is 3.83. The second kappa shape index (κ2) is 4.98. The van der Waals surface area contributed by atoms with Gasteiger partial charge in [-0.15, -0.1) is 11.6 Å². The monoisotopic (exact) mass is 228 g/mol. The maximum Gasteiger partial charge on any atom is 0.123 e. The van der Waals surface area contributed by atoms with E-state index in [1.54, 1.807) is 0 Å². The number of alkyl halides is 1. The van der Waals surface area contributed by atoms with Crippen LogP contribution in [0, 0.1) is 17.2 Å². The summed E-state index contributed by atoms with van der Waals surface area (Å²) < 4.78 is 12.7. The van der Waals surface area contributed by atoms with Crippen LogP contribution in [0.2, 0.25) is 0 Å². The molecule has 1 unspecified atom stereocenters. The summed E-state index contributed by atoms with van der Waals surface area (Å²) in [5, 5.41) is 0. The molecule has 0 N–H and O–H groups in total. The Morgan fingerprint density at radius 2 is 1.73 bits per heavy atom. The molecule has 1 aromatic rings. The van der Waals surface area contributed by atoms with Gasteiger partial charge in [0.2, 0.25) is 0 Å². The lowest BCUT2D eigenvalue weighted by Crippen LogP contribution is -2.24. The van der Waals surface area contributed by atoms with Crippen LogP contribution in [-0.4, -0.2) is 5.88 Å². The van der Waals surface area contributed by atoms with Crippen LogP contribution in [0.25, 0.3) is 0 Å². The van der Waals surface area contributed by atoms with Crippen LogP contribution in [0.4, 0.5) is 4.39 Å². The normalized spacial score (nSPS) is 13.9. The van der Waals surface area contributed by atoms with E-state index in [2.05, 4.69) is 20.8 Å². The van der Waals surface area contributed by atoms with Crippen molar-refractivity contribution < 1.29 is 4.39 Å². The summed E-state index contributed by atoms with van der Waals surface area (Å²) in [4.78, 5) is 0. The van der Waals surface area contributed by atoms with Crippen LogP contribution < -0.4 is 0 Å². The van der Waals surface area contributed by atoms with Crippen molar-refractivity contribution in [2.24, 2.45) is 11.3 Å². The van der Waals surface area contributed by atoms with E-state index in [1.165, 1.54) is 12.1 Å². The maximum atomic E-state index is 12.7. The molecule has 0 spiro atoms. The first-order chi connectivity index (χ1) is 6.93. The first kappa shape index (κ1) is 12.5. The first-order valence-corrected chi connectivity index (χ1v) is 5.77. The standard InChI is InChI=1S/C13H18ClF/c1-13(2,3)11(9-14)8-10-4-6-12(15)7-5-10/h4-7,11H,8-9H2,1-3H3. The maximum absolute atomic E-state index is 12.7. The van der Waals surface area contributed by atoms with Crippen molar-refractivity contribution in [3.05, 3.63) is 35.6 Å². The third-order valence-electron chi connectivity index (χ3n) is 2.81. The Labute approximate surface area is 96.5 Å². The van der Waals surface area contributed by atoms with E-state index in [1.807, 2.05) is 12.1 Å². The molecule has 0 amide bonds. The predicted octanol–water partition coefficient (Wildman–Crippen LogP) is 4.27. The van der Waals surface area contributed by atoms with Crippen LogP contribution in [-0.2, 0) is 6.42 Å². The Morgan fingerprint density at radius 1 is 1.20 bits per heavy atom. The topological polar surface area (TPSA) is 0 Å². The highest BCUT2D eigenvalue weighted by atomic mass is 35.5. The fraction of sp³-hybridized carbons (Fsp3) is 0.538. The zero-order valence-electron chi connectivity index (χ0n) is 9.56. The number of hydrogen-bond acceptors (Lipinski definition) is 0. The van der Waals surface area contributed by atoms with Crippen LogP contribution in [0.5, 0.6) is 0 Å². The average Bonchev–Trinajstić information content (AvgIpc) is 2.15. The molecule has 2 heteroatoms.